The first-order chi connectivity index (χ1) is 14.7. The van der Waals surface area contributed by atoms with Crippen molar-refractivity contribution in [2.24, 2.45) is 0 Å². The third-order valence-electron chi connectivity index (χ3n) is 7.04. The smallest absolute Gasteiger partial charge is 0.379 e. The molecule has 3 fully saturated rings. The van der Waals surface area contributed by atoms with Crippen LogP contribution < -0.4 is 0 Å². The number of carbonyl (C=O) groups is 1. The fraction of sp³-hybridized carbons (Fsp3) is 0.696. The molecule has 8 heteroatoms. The Bertz CT molecular complexity index is 763. The molecule has 1 saturated heterocycles. The van der Waals surface area contributed by atoms with Crippen LogP contribution >= 0.6 is 0 Å². The van der Waals surface area contributed by atoms with Gasteiger partial charge in [-0.05, 0) is 63.1 Å². The highest BCUT2D eigenvalue weighted by Crippen LogP contribution is 2.39. The molecule has 172 valence electrons. The van der Waals surface area contributed by atoms with Crippen LogP contribution in [-0.2, 0) is 10.3 Å². The Balaban J connectivity index is 1.43. The summed E-state index contributed by atoms with van der Waals surface area (Å²) >= 11 is 0. The largest absolute Gasteiger partial charge is 0.421 e. The number of carbonyl (C=O) groups excluding carboxylic acids is 1. The number of hydrogen-bond acceptors (Lipinski definition) is 4. The second-order valence-corrected chi connectivity index (χ2v) is 9.20. The molecule has 2 aliphatic carbocycles. The van der Waals surface area contributed by atoms with E-state index in [2.05, 4.69) is 4.90 Å². The molecule has 4 rings (SSSR count). The van der Waals surface area contributed by atoms with E-state index in [1.807, 2.05) is 4.90 Å². The maximum atomic E-state index is 13.3. The van der Waals surface area contributed by atoms with Gasteiger partial charge in [0.15, 0.2) is 5.60 Å². The van der Waals surface area contributed by atoms with Gasteiger partial charge in [0.2, 0.25) is 0 Å². The van der Waals surface area contributed by atoms with Gasteiger partial charge in [0.05, 0.1) is 13.2 Å². The van der Waals surface area contributed by atoms with Gasteiger partial charge < -0.3 is 14.7 Å². The topological polar surface area (TPSA) is 53.0 Å². The predicted molar refractivity (Wildman–Crippen MR) is 110 cm³/mol. The molecule has 0 bridgehead atoms. The number of rotatable bonds is 5. The quantitative estimate of drug-likeness (QED) is 0.759. The molecule has 31 heavy (non-hydrogen) atoms. The number of nitrogens with zero attached hydrogens (tertiary/aromatic N) is 2. The van der Waals surface area contributed by atoms with Crippen LogP contribution in [0.25, 0.3) is 0 Å². The van der Waals surface area contributed by atoms with E-state index in [0.717, 1.165) is 71.8 Å². The van der Waals surface area contributed by atoms with Gasteiger partial charge in [-0.2, -0.15) is 13.2 Å². The first-order valence-electron chi connectivity index (χ1n) is 11.2. The van der Waals surface area contributed by atoms with Gasteiger partial charge in [0.1, 0.15) is 0 Å². The zero-order chi connectivity index (χ0) is 22.2. The van der Waals surface area contributed by atoms with Gasteiger partial charge in [0, 0.05) is 36.8 Å². The lowest BCUT2D eigenvalue weighted by Gasteiger charge is -2.42. The van der Waals surface area contributed by atoms with Crippen LogP contribution in [0.3, 0.4) is 0 Å². The molecule has 0 spiro atoms. The highest BCUT2D eigenvalue weighted by atomic mass is 19.4. The summed E-state index contributed by atoms with van der Waals surface area (Å²) < 4.78 is 44.7. The van der Waals surface area contributed by atoms with Crippen molar-refractivity contribution in [3.63, 3.8) is 0 Å². The number of ether oxygens (including phenoxy) is 1. The van der Waals surface area contributed by atoms with Crippen molar-refractivity contribution >= 4 is 5.91 Å². The maximum Gasteiger partial charge on any atom is 0.421 e. The maximum absolute atomic E-state index is 13.3. The van der Waals surface area contributed by atoms with E-state index in [1.165, 1.54) is 24.3 Å². The van der Waals surface area contributed by atoms with Gasteiger partial charge in [-0.15, -0.1) is 0 Å². The van der Waals surface area contributed by atoms with Crippen LogP contribution in [0.2, 0.25) is 0 Å². The Morgan fingerprint density at radius 2 is 1.52 bits per heavy atom. The number of halogens is 3. The first kappa shape index (κ1) is 22.6. The lowest BCUT2D eigenvalue weighted by molar-refractivity contribution is -0.258. The first-order valence-corrected chi connectivity index (χ1v) is 11.2. The van der Waals surface area contributed by atoms with Crippen molar-refractivity contribution in [2.75, 3.05) is 26.3 Å². The number of hydrogen-bond donors (Lipinski definition) is 1. The van der Waals surface area contributed by atoms with Crippen molar-refractivity contribution < 1.29 is 27.8 Å². The molecule has 5 nitrogen and oxygen atoms in total. The molecule has 3 aliphatic rings. The van der Waals surface area contributed by atoms with E-state index >= 15 is 0 Å². The summed E-state index contributed by atoms with van der Waals surface area (Å²) in [7, 11) is 0. The third-order valence-corrected chi connectivity index (χ3v) is 7.04. The van der Waals surface area contributed by atoms with E-state index in [-0.39, 0.29) is 23.6 Å². The second kappa shape index (κ2) is 8.71. The summed E-state index contributed by atoms with van der Waals surface area (Å²) in [6.07, 6.45) is 1.18. The Morgan fingerprint density at radius 3 is 2.00 bits per heavy atom. The second-order valence-electron chi connectivity index (χ2n) is 9.20. The highest BCUT2D eigenvalue weighted by molar-refractivity contribution is 5.95. The normalized spacial score (nSPS) is 27.5. The molecule has 0 radical (unpaired) electrons. The summed E-state index contributed by atoms with van der Waals surface area (Å²) in [4.78, 5) is 17.8. The third kappa shape index (κ3) is 4.76. The lowest BCUT2D eigenvalue weighted by atomic mass is 9.88. The molecular weight excluding hydrogens is 409 g/mol. The van der Waals surface area contributed by atoms with Gasteiger partial charge in [-0.1, -0.05) is 12.1 Å². The van der Waals surface area contributed by atoms with Gasteiger partial charge in [-0.3, -0.25) is 9.69 Å². The average Bonchev–Trinajstić information content (AvgIpc) is 3.59. The van der Waals surface area contributed by atoms with E-state index in [0.29, 0.717) is 11.6 Å². The minimum atomic E-state index is -4.78. The van der Waals surface area contributed by atoms with E-state index in [4.69, 9.17) is 4.74 Å². The van der Waals surface area contributed by atoms with Crippen molar-refractivity contribution in [3.05, 3.63) is 35.4 Å². The van der Waals surface area contributed by atoms with Crippen molar-refractivity contribution in [1.82, 2.24) is 9.80 Å². The monoisotopic (exact) mass is 440 g/mol. The fourth-order valence-electron chi connectivity index (χ4n) is 4.88. The standard InChI is InChI=1S/C23H31F3N2O3/c1-22(30,23(24,25)26)17-4-2-16(3-5-17)21(29)28(20-10-11-20)19-8-6-18(7-9-19)27-12-14-31-15-13-27/h2-5,18-20,30H,6-15H2,1H3/t18-,19+,22-/m0/s1. The molecular formula is C23H31F3N2O3. The predicted octanol–water partition coefficient (Wildman–Crippen LogP) is 3.70. The molecule has 2 saturated carbocycles. The van der Waals surface area contributed by atoms with Crippen LogP contribution in [0, 0.1) is 0 Å². The van der Waals surface area contributed by atoms with Crippen LogP contribution in [0.5, 0.6) is 0 Å². The van der Waals surface area contributed by atoms with E-state index < -0.39 is 11.8 Å². The molecule has 1 amide bonds. The lowest BCUT2D eigenvalue weighted by Crippen LogP contribution is -2.49. The van der Waals surface area contributed by atoms with Crippen LogP contribution in [0.1, 0.15) is 61.4 Å². The Hall–Kier alpha value is -1.64. The summed E-state index contributed by atoms with van der Waals surface area (Å²) in [6.45, 7) is 4.23. The van der Waals surface area contributed by atoms with Crippen LogP contribution in [0.4, 0.5) is 13.2 Å². The molecule has 1 aromatic rings. The number of morpholine rings is 1. The molecule has 1 aliphatic heterocycles. The molecule has 0 aromatic heterocycles. The fourth-order valence-corrected chi connectivity index (χ4v) is 4.88. The number of benzene rings is 1. The summed E-state index contributed by atoms with van der Waals surface area (Å²) in [5.74, 6) is -0.115. The highest BCUT2D eigenvalue weighted by Gasteiger charge is 2.51. The molecule has 1 aromatic carbocycles. The summed E-state index contributed by atoms with van der Waals surface area (Å²) in [6, 6.07) is 6.19. The minimum Gasteiger partial charge on any atom is -0.379 e. The van der Waals surface area contributed by atoms with Gasteiger partial charge >= 0.3 is 6.18 Å². The van der Waals surface area contributed by atoms with E-state index in [1.54, 1.807) is 0 Å². The Morgan fingerprint density at radius 1 is 1.00 bits per heavy atom. The summed E-state index contributed by atoms with van der Waals surface area (Å²) in [5, 5.41) is 9.86. The minimum absolute atomic E-state index is 0.115. The zero-order valence-corrected chi connectivity index (χ0v) is 17.9. The molecule has 1 heterocycles. The molecule has 1 atom stereocenters. The van der Waals surface area contributed by atoms with E-state index in [9.17, 15) is 23.1 Å². The van der Waals surface area contributed by atoms with Crippen molar-refractivity contribution in [1.29, 1.82) is 0 Å². The number of alkyl halides is 3. The van der Waals surface area contributed by atoms with Crippen molar-refractivity contribution in [3.8, 4) is 0 Å². The van der Waals surface area contributed by atoms with Gasteiger partial charge in [0.25, 0.3) is 5.91 Å². The average molecular weight is 441 g/mol. The van der Waals surface area contributed by atoms with Crippen LogP contribution in [0.15, 0.2) is 24.3 Å². The van der Waals surface area contributed by atoms with Crippen LogP contribution in [-0.4, -0.2) is 71.4 Å². The van der Waals surface area contributed by atoms with Crippen molar-refractivity contribution in [2.45, 2.75) is 75.4 Å². The zero-order valence-electron chi connectivity index (χ0n) is 17.9. The number of aliphatic hydroxyl groups is 1. The summed E-state index contributed by atoms with van der Waals surface area (Å²) in [5.41, 5.74) is -2.83. The SMILES string of the molecule is C[C@](O)(c1ccc(C(=O)N(C2CC2)[C@H]2CC[C@@H](N3CCOCC3)CC2)cc1)C(F)(F)F. The Kier molecular flexibility index (Phi) is 6.34. The molecule has 1 N–H and O–H groups in total. The number of amides is 1. The molecule has 0 unspecified atom stereocenters. The Labute approximate surface area is 181 Å². The van der Waals surface area contributed by atoms with Gasteiger partial charge in [-0.25, -0.2) is 0 Å².